The highest BCUT2D eigenvalue weighted by molar-refractivity contribution is 5.83. The second kappa shape index (κ2) is 5.32. The van der Waals surface area contributed by atoms with E-state index in [0.717, 1.165) is 19.4 Å². The summed E-state index contributed by atoms with van der Waals surface area (Å²) >= 11 is 0. The van der Waals surface area contributed by atoms with Gasteiger partial charge in [0.25, 0.3) is 0 Å². The SMILES string of the molecule is CCC(COC)NC1CCN(C)C1=O. The molecule has 2 unspecified atom stereocenters. The van der Waals surface area contributed by atoms with Crippen LogP contribution in [-0.4, -0.2) is 50.2 Å². The molecule has 1 N–H and O–H groups in total. The molecule has 1 fully saturated rings. The van der Waals surface area contributed by atoms with E-state index in [4.69, 9.17) is 4.74 Å². The molecular formula is C10H20N2O2. The number of nitrogens with zero attached hydrogens (tertiary/aromatic N) is 1. The molecule has 0 aromatic carbocycles. The third kappa shape index (κ3) is 2.69. The number of nitrogens with one attached hydrogen (secondary N) is 1. The van der Waals surface area contributed by atoms with Crippen LogP contribution in [0.25, 0.3) is 0 Å². The average Bonchev–Trinajstić information content (AvgIpc) is 2.49. The van der Waals surface area contributed by atoms with Gasteiger partial charge in [-0.3, -0.25) is 4.79 Å². The molecule has 4 heteroatoms. The van der Waals surface area contributed by atoms with E-state index in [1.54, 1.807) is 12.0 Å². The lowest BCUT2D eigenvalue weighted by Gasteiger charge is -2.20. The Hall–Kier alpha value is -0.610. The zero-order valence-corrected chi connectivity index (χ0v) is 9.25. The van der Waals surface area contributed by atoms with E-state index >= 15 is 0 Å². The summed E-state index contributed by atoms with van der Waals surface area (Å²) in [6.07, 6.45) is 1.90. The van der Waals surface area contributed by atoms with Crippen LogP contribution in [0.3, 0.4) is 0 Å². The molecule has 0 radical (unpaired) electrons. The zero-order valence-electron chi connectivity index (χ0n) is 9.25. The van der Waals surface area contributed by atoms with Crippen LogP contribution >= 0.6 is 0 Å². The highest BCUT2D eigenvalue weighted by atomic mass is 16.5. The van der Waals surface area contributed by atoms with E-state index in [2.05, 4.69) is 12.2 Å². The molecule has 0 saturated carbocycles. The number of likely N-dealkylation sites (N-methyl/N-ethyl adjacent to an activating group) is 1. The Morgan fingerprint density at radius 1 is 1.71 bits per heavy atom. The van der Waals surface area contributed by atoms with Crippen LogP contribution in [0.5, 0.6) is 0 Å². The Morgan fingerprint density at radius 3 is 2.86 bits per heavy atom. The molecule has 0 aromatic rings. The lowest BCUT2D eigenvalue weighted by atomic mass is 10.2. The molecule has 1 rings (SSSR count). The first-order chi connectivity index (χ1) is 6.69. The van der Waals surface area contributed by atoms with Crippen LogP contribution in [-0.2, 0) is 9.53 Å². The number of hydrogen-bond acceptors (Lipinski definition) is 3. The van der Waals surface area contributed by atoms with Gasteiger partial charge in [0.05, 0.1) is 12.6 Å². The molecule has 14 heavy (non-hydrogen) atoms. The third-order valence-corrected chi connectivity index (χ3v) is 2.73. The van der Waals surface area contributed by atoms with Crippen LogP contribution < -0.4 is 5.32 Å². The van der Waals surface area contributed by atoms with Crippen molar-refractivity contribution in [1.82, 2.24) is 10.2 Å². The van der Waals surface area contributed by atoms with Crippen molar-refractivity contribution in [3.8, 4) is 0 Å². The predicted molar refractivity (Wildman–Crippen MR) is 55.1 cm³/mol. The van der Waals surface area contributed by atoms with Crippen LogP contribution in [0.2, 0.25) is 0 Å². The molecule has 1 saturated heterocycles. The van der Waals surface area contributed by atoms with Crippen LogP contribution in [0.1, 0.15) is 19.8 Å². The topological polar surface area (TPSA) is 41.6 Å². The Bertz CT molecular complexity index is 197. The number of likely N-dealkylation sites (tertiary alicyclic amines) is 1. The summed E-state index contributed by atoms with van der Waals surface area (Å²) in [5.41, 5.74) is 0. The minimum atomic E-state index is 0.0000926. The highest BCUT2D eigenvalue weighted by Crippen LogP contribution is 2.09. The van der Waals surface area contributed by atoms with Crippen molar-refractivity contribution in [3.63, 3.8) is 0 Å². The van der Waals surface area contributed by atoms with Crippen molar-refractivity contribution < 1.29 is 9.53 Å². The molecule has 0 bridgehead atoms. The van der Waals surface area contributed by atoms with E-state index in [9.17, 15) is 4.79 Å². The van der Waals surface area contributed by atoms with Crippen molar-refractivity contribution in [3.05, 3.63) is 0 Å². The summed E-state index contributed by atoms with van der Waals surface area (Å²) in [4.78, 5) is 13.4. The van der Waals surface area contributed by atoms with Gasteiger partial charge in [0.2, 0.25) is 5.91 Å². The van der Waals surface area contributed by atoms with Gasteiger partial charge in [-0.25, -0.2) is 0 Å². The van der Waals surface area contributed by atoms with Gasteiger partial charge in [0, 0.05) is 26.7 Å². The van der Waals surface area contributed by atoms with Crippen molar-refractivity contribution in [1.29, 1.82) is 0 Å². The van der Waals surface area contributed by atoms with Gasteiger partial charge in [-0.15, -0.1) is 0 Å². The number of amides is 1. The van der Waals surface area contributed by atoms with Gasteiger partial charge >= 0.3 is 0 Å². The molecule has 1 aliphatic heterocycles. The largest absolute Gasteiger partial charge is 0.383 e. The fourth-order valence-corrected chi connectivity index (χ4v) is 1.75. The lowest BCUT2D eigenvalue weighted by Crippen LogP contribution is -2.44. The van der Waals surface area contributed by atoms with Crippen molar-refractivity contribution in [2.75, 3.05) is 27.3 Å². The number of ether oxygens (including phenoxy) is 1. The number of hydrogen-bond donors (Lipinski definition) is 1. The van der Waals surface area contributed by atoms with Gasteiger partial charge in [-0.1, -0.05) is 6.92 Å². The normalized spacial score (nSPS) is 24.4. The third-order valence-electron chi connectivity index (χ3n) is 2.73. The highest BCUT2D eigenvalue weighted by Gasteiger charge is 2.29. The molecule has 2 atom stereocenters. The summed E-state index contributed by atoms with van der Waals surface area (Å²) in [5.74, 6) is 0.208. The number of methoxy groups -OCH3 is 1. The zero-order chi connectivity index (χ0) is 10.6. The predicted octanol–water partition coefficient (Wildman–Crippen LogP) is 0.232. The Kier molecular flexibility index (Phi) is 4.35. The number of carbonyl (C=O) groups is 1. The smallest absolute Gasteiger partial charge is 0.239 e. The van der Waals surface area contributed by atoms with E-state index in [0.29, 0.717) is 12.6 Å². The van der Waals surface area contributed by atoms with Crippen molar-refractivity contribution >= 4 is 5.91 Å². The van der Waals surface area contributed by atoms with Crippen molar-refractivity contribution in [2.24, 2.45) is 0 Å². The van der Waals surface area contributed by atoms with Gasteiger partial charge in [0.1, 0.15) is 0 Å². The second-order valence-electron chi connectivity index (χ2n) is 3.83. The van der Waals surface area contributed by atoms with Gasteiger partial charge < -0.3 is 15.0 Å². The molecule has 1 heterocycles. The molecule has 1 aliphatic rings. The Balaban J connectivity index is 2.39. The van der Waals surface area contributed by atoms with Gasteiger partial charge in [-0.2, -0.15) is 0 Å². The van der Waals surface area contributed by atoms with E-state index in [1.165, 1.54) is 0 Å². The Morgan fingerprint density at radius 2 is 2.43 bits per heavy atom. The van der Waals surface area contributed by atoms with Crippen LogP contribution in [0, 0.1) is 0 Å². The fraction of sp³-hybridized carbons (Fsp3) is 0.900. The van der Waals surface area contributed by atoms with Gasteiger partial charge in [0.15, 0.2) is 0 Å². The monoisotopic (exact) mass is 200 g/mol. The average molecular weight is 200 g/mol. The fourth-order valence-electron chi connectivity index (χ4n) is 1.75. The Labute approximate surface area is 85.6 Å². The minimum Gasteiger partial charge on any atom is -0.383 e. The maximum absolute atomic E-state index is 11.6. The van der Waals surface area contributed by atoms with Crippen molar-refractivity contribution in [2.45, 2.75) is 31.8 Å². The summed E-state index contributed by atoms with van der Waals surface area (Å²) in [6.45, 7) is 3.63. The minimum absolute atomic E-state index is 0.0000926. The first kappa shape index (κ1) is 11.5. The summed E-state index contributed by atoms with van der Waals surface area (Å²) < 4.78 is 5.08. The first-order valence-electron chi connectivity index (χ1n) is 5.19. The standard InChI is InChI=1S/C10H20N2O2/c1-4-8(7-14-3)11-9-5-6-12(2)10(9)13/h8-9,11H,4-7H2,1-3H3. The number of rotatable bonds is 5. The summed E-state index contributed by atoms with van der Waals surface area (Å²) in [7, 11) is 3.54. The molecule has 0 aliphatic carbocycles. The van der Waals surface area contributed by atoms with Crippen LogP contribution in [0.15, 0.2) is 0 Å². The molecule has 1 amide bonds. The first-order valence-corrected chi connectivity index (χ1v) is 5.19. The quantitative estimate of drug-likeness (QED) is 0.691. The molecular weight excluding hydrogens is 180 g/mol. The van der Waals surface area contributed by atoms with Gasteiger partial charge in [-0.05, 0) is 12.8 Å². The van der Waals surface area contributed by atoms with Crippen LogP contribution in [0.4, 0.5) is 0 Å². The molecule has 4 nitrogen and oxygen atoms in total. The number of carbonyl (C=O) groups excluding carboxylic acids is 1. The van der Waals surface area contributed by atoms with E-state index in [1.807, 2.05) is 7.05 Å². The maximum atomic E-state index is 11.6. The summed E-state index contributed by atoms with van der Waals surface area (Å²) in [5, 5.41) is 3.33. The lowest BCUT2D eigenvalue weighted by molar-refractivity contribution is -0.128. The maximum Gasteiger partial charge on any atom is 0.239 e. The second-order valence-corrected chi connectivity index (χ2v) is 3.83. The van der Waals surface area contributed by atoms with E-state index < -0.39 is 0 Å². The summed E-state index contributed by atoms with van der Waals surface area (Å²) in [6, 6.07) is 0.292. The van der Waals surface area contributed by atoms with E-state index in [-0.39, 0.29) is 11.9 Å². The molecule has 0 aromatic heterocycles. The molecule has 82 valence electrons. The molecule has 0 spiro atoms.